The third-order valence-corrected chi connectivity index (χ3v) is 3.58. The van der Waals surface area contributed by atoms with E-state index in [1.54, 1.807) is 18.3 Å². The molecule has 3 N–H and O–H groups in total. The van der Waals surface area contributed by atoms with Crippen LogP contribution in [0, 0.1) is 5.41 Å². The van der Waals surface area contributed by atoms with Crippen LogP contribution in [0.1, 0.15) is 33.1 Å². The second kappa shape index (κ2) is 7.68. The molecule has 1 aromatic rings. The SMILES string of the molecule is CCC(CC)(CCO)CNC(=O)Nc1cccnn1. The van der Waals surface area contributed by atoms with E-state index in [-0.39, 0.29) is 18.1 Å². The number of hydrogen-bond donors (Lipinski definition) is 3. The molecule has 0 bridgehead atoms. The molecule has 0 aliphatic heterocycles. The van der Waals surface area contributed by atoms with Gasteiger partial charge in [-0.2, -0.15) is 5.10 Å². The Morgan fingerprint density at radius 1 is 1.42 bits per heavy atom. The predicted octanol–water partition coefficient (Wildman–Crippen LogP) is 1.79. The highest BCUT2D eigenvalue weighted by Gasteiger charge is 2.26. The van der Waals surface area contributed by atoms with Gasteiger partial charge in [0, 0.05) is 19.3 Å². The molecule has 0 fully saturated rings. The van der Waals surface area contributed by atoms with Gasteiger partial charge >= 0.3 is 6.03 Å². The molecule has 0 radical (unpaired) electrons. The summed E-state index contributed by atoms with van der Waals surface area (Å²) in [6, 6.07) is 3.08. The summed E-state index contributed by atoms with van der Waals surface area (Å²) in [5, 5.41) is 22.0. The number of carbonyl (C=O) groups is 1. The molecule has 0 aliphatic rings. The van der Waals surface area contributed by atoms with Gasteiger partial charge in [0.05, 0.1) is 0 Å². The molecule has 0 saturated heterocycles. The largest absolute Gasteiger partial charge is 0.396 e. The molecule has 6 heteroatoms. The number of aliphatic hydroxyl groups is 1. The number of aliphatic hydroxyl groups excluding tert-OH is 1. The molecule has 0 unspecified atom stereocenters. The predicted molar refractivity (Wildman–Crippen MR) is 73.8 cm³/mol. The van der Waals surface area contributed by atoms with Crippen LogP contribution in [0.3, 0.4) is 0 Å². The first-order valence-corrected chi connectivity index (χ1v) is 6.59. The summed E-state index contributed by atoms with van der Waals surface area (Å²) >= 11 is 0. The van der Waals surface area contributed by atoms with Crippen molar-refractivity contribution < 1.29 is 9.90 Å². The van der Waals surface area contributed by atoms with Crippen molar-refractivity contribution >= 4 is 11.8 Å². The van der Waals surface area contributed by atoms with Crippen molar-refractivity contribution in [1.29, 1.82) is 0 Å². The lowest BCUT2D eigenvalue weighted by Crippen LogP contribution is -2.39. The maximum atomic E-state index is 11.7. The quantitative estimate of drug-likeness (QED) is 0.702. The summed E-state index contributed by atoms with van der Waals surface area (Å²) in [6.07, 6.45) is 4.06. The van der Waals surface area contributed by atoms with Crippen molar-refractivity contribution in [2.24, 2.45) is 5.41 Å². The lowest BCUT2D eigenvalue weighted by molar-refractivity contribution is 0.165. The van der Waals surface area contributed by atoms with Crippen LogP contribution in [0.2, 0.25) is 0 Å². The first kappa shape index (κ1) is 15.4. The minimum absolute atomic E-state index is 0.0472. The van der Waals surface area contributed by atoms with Crippen LogP contribution >= 0.6 is 0 Å². The number of amides is 2. The zero-order chi connectivity index (χ0) is 14.1. The number of anilines is 1. The van der Waals surface area contributed by atoms with Crippen molar-refractivity contribution in [1.82, 2.24) is 15.5 Å². The van der Waals surface area contributed by atoms with Crippen LogP contribution in [0.25, 0.3) is 0 Å². The highest BCUT2D eigenvalue weighted by molar-refractivity contribution is 5.88. The highest BCUT2D eigenvalue weighted by atomic mass is 16.3. The third-order valence-electron chi connectivity index (χ3n) is 3.58. The number of carbonyl (C=O) groups excluding carboxylic acids is 1. The first-order valence-electron chi connectivity index (χ1n) is 6.59. The van der Waals surface area contributed by atoms with E-state index in [4.69, 9.17) is 5.11 Å². The van der Waals surface area contributed by atoms with Crippen LogP contribution in [0.4, 0.5) is 10.6 Å². The molecule has 0 aliphatic carbocycles. The van der Waals surface area contributed by atoms with Crippen molar-refractivity contribution in [2.45, 2.75) is 33.1 Å². The van der Waals surface area contributed by atoms with Crippen molar-refractivity contribution in [3.8, 4) is 0 Å². The van der Waals surface area contributed by atoms with E-state index >= 15 is 0 Å². The molecular weight excluding hydrogens is 244 g/mol. The standard InChI is InChI=1S/C13H22N4O2/c1-3-13(4-2,7-9-18)10-14-12(19)16-11-6-5-8-15-17-11/h5-6,8,18H,3-4,7,9-10H2,1-2H3,(H2,14,16,17,19). The lowest BCUT2D eigenvalue weighted by atomic mass is 9.79. The molecule has 0 saturated carbocycles. The zero-order valence-electron chi connectivity index (χ0n) is 11.5. The fourth-order valence-corrected chi connectivity index (χ4v) is 1.98. The molecule has 1 heterocycles. The monoisotopic (exact) mass is 266 g/mol. The van der Waals surface area contributed by atoms with Crippen LogP contribution in [0.5, 0.6) is 0 Å². The van der Waals surface area contributed by atoms with Crippen LogP contribution < -0.4 is 10.6 Å². The van der Waals surface area contributed by atoms with Crippen molar-refractivity contribution in [2.75, 3.05) is 18.5 Å². The fourth-order valence-electron chi connectivity index (χ4n) is 1.98. The highest BCUT2D eigenvalue weighted by Crippen LogP contribution is 2.29. The Balaban J connectivity index is 2.48. The van der Waals surface area contributed by atoms with E-state index in [2.05, 4.69) is 34.7 Å². The Morgan fingerprint density at radius 2 is 2.16 bits per heavy atom. The van der Waals surface area contributed by atoms with E-state index in [1.807, 2.05) is 0 Å². The zero-order valence-corrected chi connectivity index (χ0v) is 11.5. The molecule has 2 amide bonds. The summed E-state index contributed by atoms with van der Waals surface area (Å²) in [5.74, 6) is 0.417. The van der Waals surface area contributed by atoms with Crippen molar-refractivity contribution in [3.63, 3.8) is 0 Å². The second-order valence-corrected chi connectivity index (χ2v) is 4.60. The molecule has 106 valence electrons. The maximum absolute atomic E-state index is 11.7. The summed E-state index contributed by atoms with van der Waals surface area (Å²) in [5.41, 5.74) is -0.0472. The Hall–Kier alpha value is -1.69. The van der Waals surface area contributed by atoms with E-state index < -0.39 is 0 Å². The molecule has 6 nitrogen and oxygen atoms in total. The summed E-state index contributed by atoms with van der Waals surface area (Å²) in [6.45, 7) is 4.81. The average molecular weight is 266 g/mol. The first-order chi connectivity index (χ1) is 9.15. The number of aromatic nitrogens is 2. The van der Waals surface area contributed by atoms with E-state index in [0.29, 0.717) is 18.8 Å². The number of hydrogen-bond acceptors (Lipinski definition) is 4. The van der Waals surface area contributed by atoms with E-state index in [0.717, 1.165) is 12.8 Å². The Kier molecular flexibility index (Phi) is 6.21. The van der Waals surface area contributed by atoms with Gasteiger partial charge in [0.15, 0.2) is 5.82 Å². The molecular formula is C13H22N4O2. The molecule has 1 rings (SSSR count). The molecule has 19 heavy (non-hydrogen) atoms. The number of nitrogens with one attached hydrogen (secondary N) is 2. The van der Waals surface area contributed by atoms with Gasteiger partial charge in [-0.25, -0.2) is 4.79 Å². The minimum atomic E-state index is -0.301. The van der Waals surface area contributed by atoms with Gasteiger partial charge in [-0.05, 0) is 36.8 Å². The lowest BCUT2D eigenvalue weighted by Gasteiger charge is -2.31. The van der Waals surface area contributed by atoms with Gasteiger partial charge in [0.25, 0.3) is 0 Å². The third kappa shape index (κ3) is 4.82. The Morgan fingerprint density at radius 3 is 2.68 bits per heavy atom. The number of rotatable bonds is 7. The molecule has 1 aromatic heterocycles. The minimum Gasteiger partial charge on any atom is -0.396 e. The average Bonchev–Trinajstić information content (AvgIpc) is 2.45. The Labute approximate surface area is 113 Å². The van der Waals surface area contributed by atoms with E-state index in [1.165, 1.54) is 0 Å². The molecule has 0 aromatic carbocycles. The van der Waals surface area contributed by atoms with Gasteiger partial charge in [-0.3, -0.25) is 5.32 Å². The topological polar surface area (TPSA) is 87.1 Å². The normalized spacial score (nSPS) is 11.1. The second-order valence-electron chi connectivity index (χ2n) is 4.60. The van der Waals surface area contributed by atoms with Gasteiger partial charge in [-0.15, -0.1) is 5.10 Å². The number of urea groups is 1. The van der Waals surface area contributed by atoms with Gasteiger partial charge in [0.2, 0.25) is 0 Å². The Bertz CT molecular complexity index is 379. The van der Waals surface area contributed by atoms with Gasteiger partial charge in [0.1, 0.15) is 0 Å². The van der Waals surface area contributed by atoms with Gasteiger partial charge < -0.3 is 10.4 Å². The summed E-state index contributed by atoms with van der Waals surface area (Å²) in [7, 11) is 0. The molecule has 0 atom stereocenters. The summed E-state index contributed by atoms with van der Waals surface area (Å²) < 4.78 is 0. The van der Waals surface area contributed by atoms with E-state index in [9.17, 15) is 4.79 Å². The van der Waals surface area contributed by atoms with Crippen LogP contribution in [0.15, 0.2) is 18.3 Å². The van der Waals surface area contributed by atoms with Crippen molar-refractivity contribution in [3.05, 3.63) is 18.3 Å². The number of nitrogens with zero attached hydrogens (tertiary/aromatic N) is 2. The summed E-state index contributed by atoms with van der Waals surface area (Å²) in [4.78, 5) is 11.7. The smallest absolute Gasteiger partial charge is 0.320 e. The maximum Gasteiger partial charge on any atom is 0.320 e. The molecule has 0 spiro atoms. The van der Waals surface area contributed by atoms with Crippen LogP contribution in [-0.4, -0.2) is 34.5 Å². The van der Waals surface area contributed by atoms with Crippen LogP contribution in [-0.2, 0) is 0 Å². The fraction of sp³-hybridized carbons (Fsp3) is 0.615. The van der Waals surface area contributed by atoms with Gasteiger partial charge in [-0.1, -0.05) is 13.8 Å².